The van der Waals surface area contributed by atoms with E-state index in [1.165, 1.54) is 19.2 Å². The van der Waals surface area contributed by atoms with Gasteiger partial charge in [0.05, 0.1) is 6.61 Å². The molecular formula is C15H26Cl2N4O6. The van der Waals surface area contributed by atoms with Crippen molar-refractivity contribution < 1.29 is 59.6 Å². The molecule has 1 aliphatic heterocycles. The van der Waals surface area contributed by atoms with E-state index in [1.807, 2.05) is 13.8 Å². The lowest BCUT2D eigenvalue weighted by atomic mass is 9.95. The first-order valence-corrected chi connectivity index (χ1v) is 8.01. The van der Waals surface area contributed by atoms with E-state index < -0.39 is 48.3 Å². The Morgan fingerprint density at radius 2 is 2.11 bits per heavy atom. The van der Waals surface area contributed by atoms with Crippen molar-refractivity contribution in [2.75, 3.05) is 12.3 Å². The minimum Gasteiger partial charge on any atom is -1.00 e. The van der Waals surface area contributed by atoms with E-state index in [9.17, 15) is 19.8 Å². The number of nitrogens with zero attached hydrogens (tertiary/aromatic N) is 1. The third-order valence-electron chi connectivity index (χ3n) is 4.40. The fraction of sp³-hybridized carbons (Fsp3) is 0.667. The van der Waals surface area contributed by atoms with Crippen LogP contribution in [0.5, 0.6) is 0 Å². The van der Waals surface area contributed by atoms with E-state index in [0.717, 1.165) is 4.57 Å². The molecule has 12 heteroatoms. The molecule has 2 heterocycles. The lowest BCUT2D eigenvalue weighted by Gasteiger charge is -2.28. The zero-order valence-corrected chi connectivity index (χ0v) is 16.8. The average Bonchev–Trinajstić information content (AvgIpc) is 2.77. The van der Waals surface area contributed by atoms with Gasteiger partial charge < -0.3 is 56.0 Å². The number of ether oxygens (including phenoxy) is 2. The van der Waals surface area contributed by atoms with Gasteiger partial charge in [-0.15, -0.1) is 0 Å². The Morgan fingerprint density at radius 3 is 2.59 bits per heavy atom. The summed E-state index contributed by atoms with van der Waals surface area (Å²) in [4.78, 5) is 26.7. The summed E-state index contributed by atoms with van der Waals surface area (Å²) in [7, 11) is 0. The van der Waals surface area contributed by atoms with E-state index in [-0.39, 0.29) is 36.5 Å². The van der Waals surface area contributed by atoms with Crippen LogP contribution in [-0.2, 0) is 14.3 Å². The van der Waals surface area contributed by atoms with Crippen LogP contribution >= 0.6 is 0 Å². The van der Waals surface area contributed by atoms with E-state index in [1.54, 1.807) is 0 Å². The number of anilines is 1. The SMILES string of the molecule is CC(C)C([NH3+])C(=O)O[C@H]1[C@@H](CO)O[C@@H]([n+]2ccc(N)[nH]c2=O)C1(C)O.[Cl-].[Cl-]. The highest BCUT2D eigenvalue weighted by Crippen LogP contribution is 2.36. The maximum atomic E-state index is 12.2. The quantitative estimate of drug-likeness (QED) is 0.229. The number of carbonyl (C=O) groups is 1. The molecule has 0 amide bonds. The lowest BCUT2D eigenvalue weighted by molar-refractivity contribution is -0.786. The van der Waals surface area contributed by atoms with Crippen LogP contribution < -0.4 is 46.5 Å². The van der Waals surface area contributed by atoms with Gasteiger partial charge >= 0.3 is 11.7 Å². The van der Waals surface area contributed by atoms with Crippen LogP contribution in [0.3, 0.4) is 0 Å². The van der Waals surface area contributed by atoms with Crippen molar-refractivity contribution in [2.24, 2.45) is 5.92 Å². The summed E-state index contributed by atoms with van der Waals surface area (Å²) >= 11 is 0. The van der Waals surface area contributed by atoms with Gasteiger partial charge in [0.1, 0.15) is 12.3 Å². The number of aliphatic hydroxyl groups excluding tert-OH is 1. The predicted octanol–water partition coefficient (Wildman–Crippen LogP) is -8.93. The number of esters is 1. The van der Waals surface area contributed by atoms with Crippen molar-refractivity contribution >= 4 is 11.8 Å². The summed E-state index contributed by atoms with van der Waals surface area (Å²) < 4.78 is 12.1. The van der Waals surface area contributed by atoms with E-state index in [4.69, 9.17) is 15.2 Å². The largest absolute Gasteiger partial charge is 1.00 e. The Bertz CT molecular complexity index is 699. The number of nitrogens with two attached hydrogens (primary N) is 1. The lowest BCUT2D eigenvalue weighted by Crippen LogP contribution is -3.00. The normalized spacial score (nSPS) is 28.2. The number of quaternary nitrogens is 1. The summed E-state index contributed by atoms with van der Waals surface area (Å²) in [5.74, 6) is -0.519. The molecule has 0 aromatic carbocycles. The van der Waals surface area contributed by atoms with E-state index >= 15 is 0 Å². The number of hydrogen-bond donors (Lipinski definition) is 5. The van der Waals surface area contributed by atoms with Crippen LogP contribution in [0, 0.1) is 5.92 Å². The first-order valence-electron chi connectivity index (χ1n) is 8.01. The summed E-state index contributed by atoms with van der Waals surface area (Å²) in [5, 5.41) is 20.4. The number of aromatic amines is 1. The predicted molar refractivity (Wildman–Crippen MR) is 84.7 cm³/mol. The van der Waals surface area contributed by atoms with Gasteiger partial charge in [0, 0.05) is 12.0 Å². The summed E-state index contributed by atoms with van der Waals surface area (Å²) in [6.45, 7) is 4.51. The van der Waals surface area contributed by atoms with Gasteiger partial charge in [-0.2, -0.15) is 14.3 Å². The molecule has 10 nitrogen and oxygen atoms in total. The Labute approximate surface area is 168 Å². The average molecular weight is 429 g/mol. The van der Waals surface area contributed by atoms with Gasteiger partial charge in [0.2, 0.25) is 6.23 Å². The number of hydrogen-bond acceptors (Lipinski definition) is 7. The maximum Gasteiger partial charge on any atom is 0.499 e. The number of carbonyl (C=O) groups excluding carboxylic acids is 1. The van der Waals surface area contributed by atoms with Crippen molar-refractivity contribution in [1.29, 1.82) is 0 Å². The molecular weight excluding hydrogens is 403 g/mol. The van der Waals surface area contributed by atoms with Crippen molar-refractivity contribution in [1.82, 2.24) is 4.98 Å². The zero-order chi connectivity index (χ0) is 18.9. The fourth-order valence-electron chi connectivity index (χ4n) is 2.70. The van der Waals surface area contributed by atoms with E-state index in [0.29, 0.717) is 0 Å². The minimum atomic E-state index is -1.76. The molecule has 1 aromatic rings. The van der Waals surface area contributed by atoms with Crippen molar-refractivity contribution in [3.8, 4) is 0 Å². The Hall–Kier alpha value is -1.43. The third kappa shape index (κ3) is 5.09. The number of aromatic nitrogens is 2. The van der Waals surface area contributed by atoms with Crippen LogP contribution in [0.25, 0.3) is 0 Å². The molecule has 0 spiro atoms. The topological polar surface area (TPSA) is 166 Å². The number of halogens is 2. The highest BCUT2D eigenvalue weighted by Gasteiger charge is 2.59. The van der Waals surface area contributed by atoms with Crippen molar-refractivity contribution in [3.05, 3.63) is 22.7 Å². The molecule has 0 aliphatic carbocycles. The molecule has 0 radical (unpaired) electrons. The molecule has 1 aromatic heterocycles. The number of nitrogen functional groups attached to an aromatic ring is 1. The molecule has 0 bridgehead atoms. The molecule has 8 N–H and O–H groups in total. The first-order chi connectivity index (χ1) is 11.6. The maximum absolute atomic E-state index is 12.2. The summed E-state index contributed by atoms with van der Waals surface area (Å²) in [6.07, 6.45) is -1.98. The molecule has 1 fully saturated rings. The summed E-state index contributed by atoms with van der Waals surface area (Å²) in [5.41, 5.74) is 6.90. The van der Waals surface area contributed by atoms with Crippen LogP contribution in [-0.4, -0.2) is 51.6 Å². The second-order valence-corrected chi connectivity index (χ2v) is 6.75. The van der Waals surface area contributed by atoms with Crippen molar-refractivity contribution in [2.45, 2.75) is 50.8 Å². The number of H-pyrrole nitrogens is 1. The number of nitrogens with one attached hydrogen (secondary N) is 1. The molecule has 0 saturated carbocycles. The highest BCUT2D eigenvalue weighted by molar-refractivity contribution is 5.74. The van der Waals surface area contributed by atoms with Gasteiger partial charge in [-0.1, -0.05) is 13.8 Å². The van der Waals surface area contributed by atoms with Crippen LogP contribution in [0.15, 0.2) is 17.1 Å². The Morgan fingerprint density at radius 1 is 1.52 bits per heavy atom. The Kier molecular flexibility index (Phi) is 9.16. The van der Waals surface area contributed by atoms with Crippen LogP contribution in [0.1, 0.15) is 27.0 Å². The smallest absolute Gasteiger partial charge is 0.499 e. The van der Waals surface area contributed by atoms with Crippen LogP contribution in [0.4, 0.5) is 5.82 Å². The van der Waals surface area contributed by atoms with Crippen molar-refractivity contribution in [3.63, 3.8) is 0 Å². The second-order valence-electron chi connectivity index (χ2n) is 6.75. The monoisotopic (exact) mass is 428 g/mol. The molecule has 2 unspecified atom stereocenters. The van der Waals surface area contributed by atoms with Gasteiger partial charge in [-0.05, 0) is 6.92 Å². The molecule has 156 valence electrons. The second kappa shape index (κ2) is 9.67. The molecule has 27 heavy (non-hydrogen) atoms. The molecule has 5 atom stereocenters. The van der Waals surface area contributed by atoms with Gasteiger partial charge in [0.15, 0.2) is 23.6 Å². The summed E-state index contributed by atoms with van der Waals surface area (Å²) in [6, 6.07) is 0.792. The number of rotatable bonds is 5. The minimum absolute atomic E-state index is 0. The standard InChI is InChI=1S/C15H24N4O6.2ClH/c1-7(2)10(17)12(21)25-11-8(6-20)24-13(15(11,3)23)19-5-4-9(16)18-14(19)22;;/h4-5,7-8,10-11,13,20,23H,6,17H2,1-3H3,(H2,16,18,22);2*1H/t8-,10?,11+,13-,15?;;/m1../s1. The molecule has 1 aliphatic rings. The molecule has 2 rings (SSSR count). The van der Waals surface area contributed by atoms with Gasteiger partial charge in [-0.3, -0.25) is 0 Å². The molecule has 1 saturated heterocycles. The van der Waals surface area contributed by atoms with Gasteiger partial charge in [-0.25, -0.2) is 4.79 Å². The van der Waals surface area contributed by atoms with Crippen LogP contribution in [0.2, 0.25) is 0 Å². The third-order valence-corrected chi connectivity index (χ3v) is 4.40. The first kappa shape index (κ1) is 25.6. The fourth-order valence-corrected chi connectivity index (χ4v) is 2.70. The zero-order valence-electron chi connectivity index (χ0n) is 15.3. The Balaban J connectivity index is 0.00000338. The van der Waals surface area contributed by atoms with E-state index in [2.05, 4.69) is 10.7 Å². The highest BCUT2D eigenvalue weighted by atomic mass is 35.5. The van der Waals surface area contributed by atoms with Gasteiger partial charge in [0.25, 0.3) is 0 Å². The number of aliphatic hydroxyl groups is 2.